The first-order chi connectivity index (χ1) is 15.1. The smallest absolute Gasteiger partial charge is 0.332 e. The second kappa shape index (κ2) is 7.77. The molecule has 0 amide bonds. The lowest BCUT2D eigenvalue weighted by atomic mass is 10.2. The molecule has 0 saturated heterocycles. The molecule has 0 unspecified atom stereocenters. The van der Waals surface area contributed by atoms with Gasteiger partial charge < -0.3 is 4.52 Å². The molecule has 0 saturated carbocycles. The number of hydrogen-bond donors (Lipinski definition) is 0. The van der Waals surface area contributed by atoms with Gasteiger partial charge in [0.25, 0.3) is 5.56 Å². The van der Waals surface area contributed by atoms with Crippen LogP contribution in [0.5, 0.6) is 0 Å². The topological polar surface area (TPSA) is 82.9 Å². The first-order valence-corrected chi connectivity index (χ1v) is 10.3. The minimum atomic E-state index is -0.457. The van der Waals surface area contributed by atoms with Gasteiger partial charge in [0, 0.05) is 5.56 Å². The molecule has 9 heteroatoms. The number of halogens is 1. The summed E-state index contributed by atoms with van der Waals surface area (Å²) in [6.07, 6.45) is 0. The zero-order valence-electron chi connectivity index (χ0n) is 16.1. The second-order valence-electron chi connectivity index (χ2n) is 6.90. The Hall–Kier alpha value is -3.85. The number of rotatable bonds is 5. The molecule has 0 spiro atoms. The Morgan fingerprint density at radius 2 is 1.71 bits per heavy atom. The molecule has 154 valence electrons. The van der Waals surface area contributed by atoms with E-state index < -0.39 is 5.69 Å². The maximum atomic E-state index is 13.2. The molecular formula is C22H15FN4O3S. The van der Waals surface area contributed by atoms with Crippen LogP contribution in [0.2, 0.25) is 0 Å². The van der Waals surface area contributed by atoms with Crippen LogP contribution >= 0.6 is 11.3 Å². The van der Waals surface area contributed by atoms with Gasteiger partial charge in [0.2, 0.25) is 11.7 Å². The van der Waals surface area contributed by atoms with Gasteiger partial charge in [-0.1, -0.05) is 35.5 Å². The molecule has 2 aromatic carbocycles. The minimum Gasteiger partial charge on any atom is -0.337 e. The van der Waals surface area contributed by atoms with Gasteiger partial charge >= 0.3 is 5.69 Å². The van der Waals surface area contributed by atoms with Gasteiger partial charge in [0.15, 0.2) is 0 Å². The number of aromatic nitrogens is 4. The highest BCUT2D eigenvalue weighted by Crippen LogP contribution is 2.19. The summed E-state index contributed by atoms with van der Waals surface area (Å²) in [6, 6.07) is 16.8. The van der Waals surface area contributed by atoms with Crippen molar-refractivity contribution in [3.05, 3.63) is 104 Å². The van der Waals surface area contributed by atoms with Crippen LogP contribution in [0.25, 0.3) is 21.6 Å². The third-order valence-electron chi connectivity index (χ3n) is 4.88. The fourth-order valence-corrected chi connectivity index (χ4v) is 4.21. The number of benzene rings is 2. The van der Waals surface area contributed by atoms with Gasteiger partial charge in [-0.05, 0) is 41.3 Å². The fraction of sp³-hybridized carbons (Fsp3) is 0.0909. The van der Waals surface area contributed by atoms with Gasteiger partial charge in [0.05, 0.1) is 12.1 Å². The van der Waals surface area contributed by atoms with Gasteiger partial charge in [-0.3, -0.25) is 13.9 Å². The monoisotopic (exact) mass is 434 g/mol. The van der Waals surface area contributed by atoms with E-state index >= 15 is 0 Å². The van der Waals surface area contributed by atoms with E-state index in [0.717, 1.165) is 5.56 Å². The quantitative estimate of drug-likeness (QED) is 0.423. The molecule has 3 aromatic heterocycles. The van der Waals surface area contributed by atoms with Crippen molar-refractivity contribution in [2.45, 2.75) is 13.1 Å². The Balaban J connectivity index is 1.56. The molecule has 0 atom stereocenters. The van der Waals surface area contributed by atoms with Crippen LogP contribution in [-0.2, 0) is 13.1 Å². The van der Waals surface area contributed by atoms with Gasteiger partial charge in [-0.2, -0.15) is 4.98 Å². The summed E-state index contributed by atoms with van der Waals surface area (Å²) in [7, 11) is 0. The average molecular weight is 434 g/mol. The predicted molar refractivity (Wildman–Crippen MR) is 115 cm³/mol. The number of hydrogen-bond acceptors (Lipinski definition) is 6. The zero-order chi connectivity index (χ0) is 21.4. The number of nitrogens with zero attached hydrogens (tertiary/aromatic N) is 4. The van der Waals surface area contributed by atoms with E-state index in [9.17, 15) is 14.0 Å². The maximum Gasteiger partial charge on any atom is 0.332 e. The molecule has 5 rings (SSSR count). The van der Waals surface area contributed by atoms with Crippen LogP contribution in [-0.4, -0.2) is 19.3 Å². The van der Waals surface area contributed by atoms with Crippen molar-refractivity contribution in [2.75, 3.05) is 0 Å². The Labute approximate surface area is 178 Å². The van der Waals surface area contributed by atoms with Crippen molar-refractivity contribution < 1.29 is 8.91 Å². The van der Waals surface area contributed by atoms with Crippen LogP contribution in [0.1, 0.15) is 11.5 Å². The average Bonchev–Trinajstić information content (AvgIpc) is 3.45. The molecule has 7 nitrogen and oxygen atoms in total. The van der Waals surface area contributed by atoms with E-state index in [0.29, 0.717) is 21.6 Å². The van der Waals surface area contributed by atoms with Crippen molar-refractivity contribution >= 4 is 21.6 Å². The molecule has 31 heavy (non-hydrogen) atoms. The summed E-state index contributed by atoms with van der Waals surface area (Å²) in [5.74, 6) is 0.139. The minimum absolute atomic E-state index is 0.00926. The number of fused-ring (bicyclic) bond motifs is 1. The van der Waals surface area contributed by atoms with Crippen LogP contribution < -0.4 is 11.2 Å². The Morgan fingerprint density at radius 3 is 2.48 bits per heavy atom. The molecule has 0 aliphatic heterocycles. The Kier molecular flexibility index (Phi) is 4.79. The largest absolute Gasteiger partial charge is 0.337 e. The lowest BCUT2D eigenvalue weighted by molar-refractivity contribution is 0.369. The molecule has 0 radical (unpaired) electrons. The molecule has 0 aliphatic carbocycles. The van der Waals surface area contributed by atoms with Crippen LogP contribution in [0, 0.1) is 5.82 Å². The van der Waals surface area contributed by atoms with E-state index in [2.05, 4.69) is 10.1 Å². The van der Waals surface area contributed by atoms with Crippen LogP contribution in [0.4, 0.5) is 4.39 Å². The second-order valence-corrected chi connectivity index (χ2v) is 7.82. The highest BCUT2D eigenvalue weighted by Gasteiger charge is 2.17. The summed E-state index contributed by atoms with van der Waals surface area (Å²) < 4.78 is 21.6. The van der Waals surface area contributed by atoms with Crippen LogP contribution in [0.3, 0.4) is 0 Å². The third kappa shape index (κ3) is 3.59. The third-order valence-corrected chi connectivity index (χ3v) is 5.78. The Morgan fingerprint density at radius 1 is 0.935 bits per heavy atom. The summed E-state index contributed by atoms with van der Waals surface area (Å²) in [6.45, 7) is 0.173. The SMILES string of the molecule is O=c1c2sccc2n(Cc2nc(-c3ccc(F)cc3)no2)c(=O)n1Cc1ccccc1. The van der Waals surface area contributed by atoms with Crippen LogP contribution in [0.15, 0.2) is 80.2 Å². The fourth-order valence-electron chi connectivity index (χ4n) is 3.36. The molecule has 0 aliphatic rings. The van der Waals surface area contributed by atoms with E-state index in [1.807, 2.05) is 30.3 Å². The highest BCUT2D eigenvalue weighted by molar-refractivity contribution is 7.17. The van der Waals surface area contributed by atoms with Gasteiger partial charge in [0.1, 0.15) is 17.1 Å². The standard InChI is InChI=1S/C22H15FN4O3S/c23-16-8-6-15(7-9-16)20-24-18(30-25-20)13-26-17-10-11-31-19(17)21(28)27(22(26)29)12-14-4-2-1-3-5-14/h1-11H,12-13H2. The van der Waals surface area contributed by atoms with Crippen molar-refractivity contribution in [3.8, 4) is 11.4 Å². The summed E-state index contributed by atoms with van der Waals surface area (Å²) in [5.41, 5.74) is 1.18. The first kappa shape index (κ1) is 19.1. The molecule has 0 N–H and O–H groups in total. The lowest BCUT2D eigenvalue weighted by Gasteiger charge is -2.10. The predicted octanol–water partition coefficient (Wildman–Crippen LogP) is 3.51. The molecule has 0 bridgehead atoms. The van der Waals surface area contributed by atoms with Crippen molar-refractivity contribution in [2.24, 2.45) is 0 Å². The molecular weight excluding hydrogens is 419 g/mol. The van der Waals surface area contributed by atoms with Crippen molar-refractivity contribution in [1.82, 2.24) is 19.3 Å². The lowest BCUT2D eigenvalue weighted by Crippen LogP contribution is -2.40. The Bertz CT molecular complexity index is 1480. The highest BCUT2D eigenvalue weighted by atomic mass is 32.1. The molecule has 5 aromatic rings. The zero-order valence-corrected chi connectivity index (χ0v) is 16.9. The normalized spacial score (nSPS) is 11.3. The molecule has 0 fully saturated rings. The van der Waals surface area contributed by atoms with Crippen molar-refractivity contribution in [3.63, 3.8) is 0 Å². The van der Waals surface area contributed by atoms with E-state index in [-0.39, 0.29) is 30.4 Å². The van der Waals surface area contributed by atoms with E-state index in [1.54, 1.807) is 23.6 Å². The van der Waals surface area contributed by atoms with E-state index in [4.69, 9.17) is 4.52 Å². The maximum absolute atomic E-state index is 13.2. The van der Waals surface area contributed by atoms with Crippen molar-refractivity contribution in [1.29, 1.82) is 0 Å². The van der Waals surface area contributed by atoms with Gasteiger partial charge in [-0.25, -0.2) is 9.18 Å². The molecule has 3 heterocycles. The summed E-state index contributed by atoms with van der Waals surface area (Å²) in [4.78, 5) is 30.5. The summed E-state index contributed by atoms with van der Waals surface area (Å²) in [5, 5.41) is 5.70. The number of thiophene rings is 1. The van der Waals surface area contributed by atoms with E-state index in [1.165, 1.54) is 32.6 Å². The van der Waals surface area contributed by atoms with Gasteiger partial charge in [-0.15, -0.1) is 11.3 Å². The first-order valence-electron chi connectivity index (χ1n) is 9.43. The summed E-state index contributed by atoms with van der Waals surface area (Å²) >= 11 is 1.28.